The largest absolute Gasteiger partial charge is 0.504 e. The van der Waals surface area contributed by atoms with Gasteiger partial charge in [0.1, 0.15) is 0 Å². The van der Waals surface area contributed by atoms with Crippen LogP contribution in [0.1, 0.15) is 0 Å². The van der Waals surface area contributed by atoms with Crippen LogP contribution in [0.3, 0.4) is 0 Å². The summed E-state index contributed by atoms with van der Waals surface area (Å²) in [7, 11) is 1.76. The van der Waals surface area contributed by atoms with Gasteiger partial charge in [0.25, 0.3) is 0 Å². The molecule has 5 nitrogen and oxygen atoms in total. The van der Waals surface area contributed by atoms with Gasteiger partial charge in [0.2, 0.25) is 0 Å². The smallest absolute Gasteiger partial charge is 0.158 e. The minimum Gasteiger partial charge on any atom is -0.504 e. The van der Waals surface area contributed by atoms with Crippen LogP contribution in [-0.2, 0) is 7.05 Å². The SMILES string of the molecule is Cn1ncc(N)c1-c1ccc(O)c(O)c1. The number of aromatic nitrogens is 2. The van der Waals surface area contributed by atoms with Gasteiger partial charge in [0.15, 0.2) is 11.5 Å². The van der Waals surface area contributed by atoms with Gasteiger partial charge in [-0.15, -0.1) is 0 Å². The normalized spacial score (nSPS) is 10.5. The quantitative estimate of drug-likeness (QED) is 0.608. The minimum absolute atomic E-state index is 0.153. The summed E-state index contributed by atoms with van der Waals surface area (Å²) >= 11 is 0. The first-order chi connectivity index (χ1) is 7.09. The van der Waals surface area contributed by atoms with E-state index in [1.807, 2.05) is 0 Å². The van der Waals surface area contributed by atoms with Crippen molar-refractivity contribution in [1.29, 1.82) is 0 Å². The van der Waals surface area contributed by atoms with E-state index >= 15 is 0 Å². The number of nitrogens with zero attached hydrogens (tertiary/aromatic N) is 2. The van der Waals surface area contributed by atoms with Crippen molar-refractivity contribution in [3.8, 4) is 22.8 Å². The van der Waals surface area contributed by atoms with E-state index in [2.05, 4.69) is 5.10 Å². The van der Waals surface area contributed by atoms with Crippen molar-refractivity contribution in [2.45, 2.75) is 0 Å². The second kappa shape index (κ2) is 3.20. The molecule has 2 rings (SSSR count). The highest BCUT2D eigenvalue weighted by molar-refractivity contribution is 5.74. The maximum atomic E-state index is 9.36. The number of aromatic hydroxyl groups is 2. The van der Waals surface area contributed by atoms with Crippen molar-refractivity contribution in [3.05, 3.63) is 24.4 Å². The highest BCUT2D eigenvalue weighted by Gasteiger charge is 2.10. The molecule has 0 spiro atoms. The Hall–Kier alpha value is -2.17. The summed E-state index contributed by atoms with van der Waals surface area (Å²) in [5.74, 6) is -0.326. The fraction of sp³-hybridized carbons (Fsp3) is 0.100. The van der Waals surface area contributed by atoms with Gasteiger partial charge in [-0.3, -0.25) is 4.68 Å². The Balaban J connectivity index is 2.59. The minimum atomic E-state index is -0.173. The number of nitrogens with two attached hydrogens (primary N) is 1. The topological polar surface area (TPSA) is 84.3 Å². The van der Waals surface area contributed by atoms with E-state index in [9.17, 15) is 10.2 Å². The van der Waals surface area contributed by atoms with Crippen molar-refractivity contribution in [2.24, 2.45) is 7.05 Å². The van der Waals surface area contributed by atoms with Crippen molar-refractivity contribution >= 4 is 5.69 Å². The fourth-order valence-corrected chi connectivity index (χ4v) is 1.48. The summed E-state index contributed by atoms with van der Waals surface area (Å²) in [4.78, 5) is 0. The lowest BCUT2D eigenvalue weighted by Crippen LogP contribution is -1.95. The van der Waals surface area contributed by atoms with Gasteiger partial charge in [0, 0.05) is 12.6 Å². The second-order valence-corrected chi connectivity index (χ2v) is 3.28. The lowest BCUT2D eigenvalue weighted by molar-refractivity contribution is 0.404. The molecule has 0 aliphatic rings. The average Bonchev–Trinajstić information content (AvgIpc) is 2.52. The summed E-state index contributed by atoms with van der Waals surface area (Å²) in [5.41, 5.74) is 7.69. The molecular weight excluding hydrogens is 194 g/mol. The van der Waals surface area contributed by atoms with Crippen LogP contribution in [0.2, 0.25) is 0 Å². The molecule has 0 fully saturated rings. The standard InChI is InChI=1S/C10H11N3O2/c1-13-10(7(11)5-12-13)6-2-3-8(14)9(15)4-6/h2-5,14-15H,11H2,1H3. The Labute approximate surface area is 86.4 Å². The van der Waals surface area contributed by atoms with Gasteiger partial charge >= 0.3 is 0 Å². The third-order valence-corrected chi connectivity index (χ3v) is 2.22. The summed E-state index contributed by atoms with van der Waals surface area (Å²) in [6.07, 6.45) is 1.54. The second-order valence-electron chi connectivity index (χ2n) is 3.28. The molecule has 0 unspecified atom stereocenters. The zero-order valence-electron chi connectivity index (χ0n) is 8.18. The van der Waals surface area contributed by atoms with Gasteiger partial charge in [-0.2, -0.15) is 5.10 Å². The third-order valence-electron chi connectivity index (χ3n) is 2.22. The molecule has 0 aliphatic carbocycles. The lowest BCUT2D eigenvalue weighted by atomic mass is 10.1. The first-order valence-corrected chi connectivity index (χ1v) is 4.39. The average molecular weight is 205 g/mol. The van der Waals surface area contributed by atoms with E-state index in [-0.39, 0.29) is 11.5 Å². The summed E-state index contributed by atoms with van der Waals surface area (Å²) < 4.78 is 1.61. The number of phenols is 2. The van der Waals surface area contributed by atoms with Gasteiger partial charge in [-0.25, -0.2) is 0 Å². The summed E-state index contributed by atoms with van der Waals surface area (Å²) in [6, 6.07) is 4.53. The van der Waals surface area contributed by atoms with Gasteiger partial charge in [-0.05, 0) is 18.2 Å². The zero-order valence-corrected chi connectivity index (χ0v) is 8.18. The van der Waals surface area contributed by atoms with E-state index in [4.69, 9.17) is 5.73 Å². The number of rotatable bonds is 1. The van der Waals surface area contributed by atoms with E-state index in [0.29, 0.717) is 16.9 Å². The Morgan fingerprint density at radius 1 is 1.27 bits per heavy atom. The number of hydrogen-bond donors (Lipinski definition) is 3. The molecule has 0 saturated carbocycles. The molecule has 5 heteroatoms. The molecule has 0 amide bonds. The molecule has 15 heavy (non-hydrogen) atoms. The molecule has 0 atom stereocenters. The molecule has 0 aliphatic heterocycles. The molecule has 1 aromatic carbocycles. The van der Waals surface area contributed by atoms with E-state index in [0.717, 1.165) is 0 Å². The van der Waals surface area contributed by atoms with Gasteiger partial charge in [0.05, 0.1) is 17.6 Å². The lowest BCUT2D eigenvalue weighted by Gasteiger charge is -2.05. The maximum Gasteiger partial charge on any atom is 0.158 e. The van der Waals surface area contributed by atoms with Crippen LogP contribution in [0.4, 0.5) is 5.69 Å². The molecule has 1 aromatic heterocycles. The van der Waals surface area contributed by atoms with Gasteiger partial charge < -0.3 is 15.9 Å². The fourth-order valence-electron chi connectivity index (χ4n) is 1.48. The molecule has 4 N–H and O–H groups in total. The van der Waals surface area contributed by atoms with Crippen molar-refractivity contribution in [2.75, 3.05) is 5.73 Å². The van der Waals surface area contributed by atoms with Crippen LogP contribution in [0, 0.1) is 0 Å². The highest BCUT2D eigenvalue weighted by Crippen LogP contribution is 2.32. The highest BCUT2D eigenvalue weighted by atomic mass is 16.3. The Kier molecular flexibility index (Phi) is 2.00. The number of anilines is 1. The number of benzene rings is 1. The molecule has 1 heterocycles. The first kappa shape index (κ1) is 9.39. The first-order valence-electron chi connectivity index (χ1n) is 4.39. The van der Waals surface area contributed by atoms with Crippen LogP contribution in [0.15, 0.2) is 24.4 Å². The summed E-state index contributed by atoms with van der Waals surface area (Å²) in [5, 5.41) is 22.5. The monoisotopic (exact) mass is 205 g/mol. The maximum absolute atomic E-state index is 9.36. The summed E-state index contributed by atoms with van der Waals surface area (Å²) in [6.45, 7) is 0. The predicted octanol–water partition coefficient (Wildman–Crippen LogP) is 1.08. The van der Waals surface area contributed by atoms with Crippen LogP contribution >= 0.6 is 0 Å². The van der Waals surface area contributed by atoms with Crippen LogP contribution < -0.4 is 5.73 Å². The van der Waals surface area contributed by atoms with E-state index < -0.39 is 0 Å². The zero-order chi connectivity index (χ0) is 11.0. The third kappa shape index (κ3) is 1.48. The molecule has 78 valence electrons. The van der Waals surface area contributed by atoms with E-state index in [1.165, 1.54) is 12.1 Å². The molecule has 0 radical (unpaired) electrons. The number of hydrogen-bond acceptors (Lipinski definition) is 4. The van der Waals surface area contributed by atoms with Crippen LogP contribution in [0.5, 0.6) is 11.5 Å². The van der Waals surface area contributed by atoms with Crippen molar-refractivity contribution in [1.82, 2.24) is 9.78 Å². The van der Waals surface area contributed by atoms with E-state index in [1.54, 1.807) is 24.0 Å². The molecular formula is C10H11N3O2. The predicted molar refractivity (Wildman–Crippen MR) is 56.4 cm³/mol. The Bertz CT molecular complexity index is 486. The van der Waals surface area contributed by atoms with Crippen molar-refractivity contribution < 1.29 is 10.2 Å². The number of nitrogen functional groups attached to an aromatic ring is 1. The van der Waals surface area contributed by atoms with Crippen LogP contribution in [-0.4, -0.2) is 20.0 Å². The Morgan fingerprint density at radius 3 is 2.53 bits per heavy atom. The van der Waals surface area contributed by atoms with Crippen molar-refractivity contribution in [3.63, 3.8) is 0 Å². The van der Waals surface area contributed by atoms with Crippen LogP contribution in [0.25, 0.3) is 11.3 Å². The molecule has 0 saturated heterocycles. The molecule has 2 aromatic rings. The number of aryl methyl sites for hydroxylation is 1. The number of phenolic OH excluding ortho intramolecular Hbond substituents is 2. The Morgan fingerprint density at radius 2 is 2.00 bits per heavy atom. The van der Waals surface area contributed by atoms with Gasteiger partial charge in [-0.1, -0.05) is 0 Å². The molecule has 0 bridgehead atoms.